The number of carboxylic acid groups (broad SMARTS) is 1. The minimum absolute atomic E-state index is 0.0456. The van der Waals surface area contributed by atoms with Crippen molar-refractivity contribution in [3.05, 3.63) is 29.3 Å². The summed E-state index contributed by atoms with van der Waals surface area (Å²) in [4.78, 5) is 23.6. The molecule has 0 spiro atoms. The quantitative estimate of drug-likeness (QED) is 0.794. The summed E-state index contributed by atoms with van der Waals surface area (Å²) >= 11 is 0. The van der Waals surface area contributed by atoms with Gasteiger partial charge in [0.2, 0.25) is 5.91 Å². The number of hydrogen-bond donors (Lipinski definition) is 3. The van der Waals surface area contributed by atoms with Gasteiger partial charge in [-0.3, -0.25) is 4.79 Å². The van der Waals surface area contributed by atoms with E-state index in [1.165, 1.54) is 6.07 Å². The molecule has 4 N–H and O–H groups in total. The molecule has 114 valence electrons. The standard InChI is InChI=1S/C16H22N2O3/c1-10-12(16(20)21)7-4-8-14(10)18-15(19)13-6-3-2-5-11(13)9-17/h4,7-8,11,13H,2-3,5-6,9,17H2,1H3,(H,18,19)(H,20,21). The van der Waals surface area contributed by atoms with Crippen LogP contribution in [0.3, 0.4) is 0 Å². The number of carbonyl (C=O) groups excluding carboxylic acids is 1. The Morgan fingerprint density at radius 2 is 2.05 bits per heavy atom. The lowest BCUT2D eigenvalue weighted by Gasteiger charge is -2.29. The zero-order chi connectivity index (χ0) is 15.4. The number of nitrogens with one attached hydrogen (secondary N) is 1. The Kier molecular flexibility index (Phi) is 4.96. The summed E-state index contributed by atoms with van der Waals surface area (Å²) in [6.45, 7) is 2.23. The lowest BCUT2D eigenvalue weighted by molar-refractivity contribution is -0.122. The second-order valence-corrected chi connectivity index (χ2v) is 5.66. The minimum Gasteiger partial charge on any atom is -0.478 e. The zero-order valence-corrected chi connectivity index (χ0v) is 12.3. The average molecular weight is 290 g/mol. The first kappa shape index (κ1) is 15.5. The summed E-state index contributed by atoms with van der Waals surface area (Å²) in [7, 11) is 0. The van der Waals surface area contributed by atoms with Crippen molar-refractivity contribution >= 4 is 17.6 Å². The molecular formula is C16H22N2O3. The first-order valence-electron chi connectivity index (χ1n) is 7.38. The van der Waals surface area contributed by atoms with E-state index in [9.17, 15) is 9.59 Å². The number of anilines is 1. The topological polar surface area (TPSA) is 92.4 Å². The Hall–Kier alpha value is -1.88. The van der Waals surface area contributed by atoms with Crippen molar-refractivity contribution in [2.75, 3.05) is 11.9 Å². The van der Waals surface area contributed by atoms with E-state index < -0.39 is 5.97 Å². The van der Waals surface area contributed by atoms with Crippen molar-refractivity contribution in [2.24, 2.45) is 17.6 Å². The Morgan fingerprint density at radius 3 is 2.71 bits per heavy atom. The molecule has 1 aromatic rings. The number of carbonyl (C=O) groups is 2. The average Bonchev–Trinajstić information content (AvgIpc) is 2.48. The van der Waals surface area contributed by atoms with E-state index in [-0.39, 0.29) is 23.3 Å². The van der Waals surface area contributed by atoms with Crippen LogP contribution in [0.5, 0.6) is 0 Å². The molecule has 0 heterocycles. The van der Waals surface area contributed by atoms with Gasteiger partial charge < -0.3 is 16.2 Å². The largest absolute Gasteiger partial charge is 0.478 e. The number of amides is 1. The lowest BCUT2D eigenvalue weighted by Crippen LogP contribution is -2.35. The molecule has 1 fully saturated rings. The van der Waals surface area contributed by atoms with Gasteiger partial charge in [0.15, 0.2) is 0 Å². The third-order valence-corrected chi connectivity index (χ3v) is 4.37. The number of carboxylic acids is 1. The van der Waals surface area contributed by atoms with E-state index in [4.69, 9.17) is 10.8 Å². The summed E-state index contributed by atoms with van der Waals surface area (Å²) in [5, 5.41) is 12.0. The molecule has 1 aromatic carbocycles. The van der Waals surface area contributed by atoms with Crippen molar-refractivity contribution in [1.29, 1.82) is 0 Å². The monoisotopic (exact) mass is 290 g/mol. The second kappa shape index (κ2) is 6.72. The van der Waals surface area contributed by atoms with Gasteiger partial charge in [0.1, 0.15) is 0 Å². The molecule has 21 heavy (non-hydrogen) atoms. The zero-order valence-electron chi connectivity index (χ0n) is 12.3. The molecule has 2 rings (SSSR count). The molecule has 1 amide bonds. The molecule has 0 radical (unpaired) electrons. The fraction of sp³-hybridized carbons (Fsp3) is 0.500. The summed E-state index contributed by atoms with van der Waals surface area (Å²) in [5.41, 5.74) is 7.13. The van der Waals surface area contributed by atoms with E-state index in [2.05, 4.69) is 5.32 Å². The molecule has 5 nitrogen and oxygen atoms in total. The first-order valence-corrected chi connectivity index (χ1v) is 7.38. The molecule has 0 aromatic heterocycles. The lowest BCUT2D eigenvalue weighted by atomic mass is 9.78. The van der Waals surface area contributed by atoms with Gasteiger partial charge in [0.05, 0.1) is 5.56 Å². The van der Waals surface area contributed by atoms with Crippen LogP contribution in [-0.4, -0.2) is 23.5 Å². The Bertz CT molecular complexity index is 542. The Labute approximate surface area is 124 Å². The van der Waals surface area contributed by atoms with Crippen LogP contribution in [0.15, 0.2) is 18.2 Å². The summed E-state index contributed by atoms with van der Waals surface area (Å²) in [5.74, 6) is -0.879. The smallest absolute Gasteiger partial charge is 0.336 e. The molecular weight excluding hydrogens is 268 g/mol. The van der Waals surface area contributed by atoms with Crippen LogP contribution in [0.4, 0.5) is 5.69 Å². The van der Waals surface area contributed by atoms with Crippen LogP contribution in [0, 0.1) is 18.8 Å². The third-order valence-electron chi connectivity index (χ3n) is 4.37. The maximum Gasteiger partial charge on any atom is 0.336 e. The molecule has 0 saturated heterocycles. The molecule has 5 heteroatoms. The summed E-state index contributed by atoms with van der Waals surface area (Å²) in [6.07, 6.45) is 4.01. The fourth-order valence-corrected chi connectivity index (χ4v) is 3.06. The van der Waals surface area contributed by atoms with Crippen LogP contribution >= 0.6 is 0 Å². The molecule has 0 aliphatic heterocycles. The van der Waals surface area contributed by atoms with E-state index in [0.29, 0.717) is 17.8 Å². The van der Waals surface area contributed by atoms with Crippen LogP contribution < -0.4 is 11.1 Å². The Balaban J connectivity index is 2.16. The van der Waals surface area contributed by atoms with Gasteiger partial charge in [-0.1, -0.05) is 18.9 Å². The molecule has 1 saturated carbocycles. The number of rotatable bonds is 4. The second-order valence-electron chi connectivity index (χ2n) is 5.66. The van der Waals surface area contributed by atoms with E-state index >= 15 is 0 Å². The first-order chi connectivity index (χ1) is 10.0. The van der Waals surface area contributed by atoms with Crippen LogP contribution in [-0.2, 0) is 4.79 Å². The van der Waals surface area contributed by atoms with Gasteiger partial charge in [-0.15, -0.1) is 0 Å². The third kappa shape index (κ3) is 3.42. The molecule has 0 bridgehead atoms. The van der Waals surface area contributed by atoms with Crippen LogP contribution in [0.25, 0.3) is 0 Å². The molecule has 1 aliphatic carbocycles. The number of nitrogens with two attached hydrogens (primary N) is 1. The van der Waals surface area contributed by atoms with Crippen molar-refractivity contribution in [1.82, 2.24) is 0 Å². The highest BCUT2D eigenvalue weighted by atomic mass is 16.4. The predicted octanol–water partition coefficient (Wildman–Crippen LogP) is 2.40. The van der Waals surface area contributed by atoms with Gasteiger partial charge in [0.25, 0.3) is 0 Å². The number of aromatic carboxylic acids is 1. The van der Waals surface area contributed by atoms with E-state index in [1.54, 1.807) is 19.1 Å². The summed E-state index contributed by atoms with van der Waals surface area (Å²) < 4.78 is 0. The SMILES string of the molecule is Cc1c(NC(=O)C2CCCCC2CN)cccc1C(=O)O. The maximum absolute atomic E-state index is 12.5. The van der Waals surface area contributed by atoms with Crippen LogP contribution in [0.2, 0.25) is 0 Å². The minimum atomic E-state index is -0.985. The van der Waals surface area contributed by atoms with Gasteiger partial charge in [-0.05, 0) is 49.9 Å². The van der Waals surface area contributed by atoms with Gasteiger partial charge >= 0.3 is 5.97 Å². The number of benzene rings is 1. The van der Waals surface area contributed by atoms with E-state index in [0.717, 1.165) is 25.7 Å². The number of hydrogen-bond acceptors (Lipinski definition) is 3. The van der Waals surface area contributed by atoms with Crippen molar-refractivity contribution < 1.29 is 14.7 Å². The highest BCUT2D eigenvalue weighted by Gasteiger charge is 2.30. The van der Waals surface area contributed by atoms with Crippen molar-refractivity contribution in [3.63, 3.8) is 0 Å². The predicted molar refractivity (Wildman–Crippen MR) is 81.3 cm³/mol. The van der Waals surface area contributed by atoms with Gasteiger partial charge in [-0.2, -0.15) is 0 Å². The highest BCUT2D eigenvalue weighted by molar-refractivity contribution is 5.97. The molecule has 2 unspecified atom stereocenters. The van der Waals surface area contributed by atoms with Crippen molar-refractivity contribution in [3.8, 4) is 0 Å². The van der Waals surface area contributed by atoms with E-state index in [1.807, 2.05) is 0 Å². The van der Waals surface area contributed by atoms with Crippen molar-refractivity contribution in [2.45, 2.75) is 32.6 Å². The molecule has 1 aliphatic rings. The highest BCUT2D eigenvalue weighted by Crippen LogP contribution is 2.31. The van der Waals surface area contributed by atoms with Gasteiger partial charge in [0, 0.05) is 11.6 Å². The Morgan fingerprint density at radius 1 is 1.33 bits per heavy atom. The maximum atomic E-state index is 12.5. The fourth-order valence-electron chi connectivity index (χ4n) is 3.06. The molecule has 2 atom stereocenters. The summed E-state index contributed by atoms with van der Waals surface area (Å²) in [6, 6.07) is 4.92. The normalized spacial score (nSPS) is 21.8. The van der Waals surface area contributed by atoms with Gasteiger partial charge in [-0.25, -0.2) is 4.79 Å². The van der Waals surface area contributed by atoms with Crippen LogP contribution in [0.1, 0.15) is 41.6 Å².